The van der Waals surface area contributed by atoms with Gasteiger partial charge in [0.2, 0.25) is 5.91 Å². The van der Waals surface area contributed by atoms with E-state index in [9.17, 15) is 22.0 Å². The molecule has 1 amide bonds. The van der Waals surface area contributed by atoms with Crippen LogP contribution in [0.25, 0.3) is 0 Å². The van der Waals surface area contributed by atoms with Crippen molar-refractivity contribution in [1.29, 1.82) is 0 Å². The number of halogens is 3. The quantitative estimate of drug-likeness (QED) is 0.644. The second kappa shape index (κ2) is 6.99. The number of anilines is 1. The molecule has 1 aromatic carbocycles. The number of hydrogen-bond donors (Lipinski definition) is 1. The fourth-order valence-corrected chi connectivity index (χ4v) is 2.30. The SMILES string of the molecule is CCCCCC(=O)Nc1c(F)cc(S(=O)(=O)Cl)cc1F. The summed E-state index contributed by atoms with van der Waals surface area (Å²) in [6.07, 6.45) is 2.50. The molecule has 0 aliphatic carbocycles. The van der Waals surface area contributed by atoms with Crippen LogP contribution in [0.5, 0.6) is 0 Å². The van der Waals surface area contributed by atoms with Crippen LogP contribution in [0.2, 0.25) is 0 Å². The molecule has 4 nitrogen and oxygen atoms in total. The number of nitrogens with one attached hydrogen (secondary N) is 1. The van der Waals surface area contributed by atoms with E-state index in [4.69, 9.17) is 10.7 Å². The zero-order valence-corrected chi connectivity index (χ0v) is 12.3. The van der Waals surface area contributed by atoms with Gasteiger partial charge < -0.3 is 5.32 Å². The Kier molecular flexibility index (Phi) is 5.88. The fraction of sp³-hybridized carbons (Fsp3) is 0.417. The summed E-state index contributed by atoms with van der Waals surface area (Å²) in [5, 5.41) is 2.09. The van der Waals surface area contributed by atoms with Gasteiger partial charge in [-0.15, -0.1) is 0 Å². The number of hydrogen-bond acceptors (Lipinski definition) is 3. The third kappa shape index (κ3) is 4.72. The molecule has 0 aliphatic rings. The van der Waals surface area contributed by atoms with E-state index in [0.29, 0.717) is 18.6 Å². The van der Waals surface area contributed by atoms with Gasteiger partial charge in [-0.2, -0.15) is 0 Å². The topological polar surface area (TPSA) is 63.2 Å². The lowest BCUT2D eigenvalue weighted by Gasteiger charge is -2.08. The number of unbranched alkanes of at least 4 members (excludes halogenated alkanes) is 2. The average Bonchev–Trinajstić information content (AvgIpc) is 2.32. The smallest absolute Gasteiger partial charge is 0.261 e. The first-order valence-corrected chi connectivity index (χ1v) is 8.30. The van der Waals surface area contributed by atoms with E-state index in [-0.39, 0.29) is 6.42 Å². The summed E-state index contributed by atoms with van der Waals surface area (Å²) in [5.41, 5.74) is -0.671. The normalized spacial score (nSPS) is 11.4. The van der Waals surface area contributed by atoms with E-state index >= 15 is 0 Å². The van der Waals surface area contributed by atoms with Crippen LogP contribution in [-0.2, 0) is 13.8 Å². The van der Waals surface area contributed by atoms with Crippen molar-refractivity contribution < 1.29 is 22.0 Å². The highest BCUT2D eigenvalue weighted by Gasteiger charge is 2.19. The van der Waals surface area contributed by atoms with E-state index < -0.39 is 37.2 Å². The Morgan fingerprint density at radius 2 is 1.80 bits per heavy atom. The Labute approximate surface area is 120 Å². The van der Waals surface area contributed by atoms with Crippen LogP contribution in [0.1, 0.15) is 32.6 Å². The highest BCUT2D eigenvalue weighted by atomic mass is 35.7. The van der Waals surface area contributed by atoms with E-state index in [1.807, 2.05) is 6.92 Å². The molecule has 1 N–H and O–H groups in total. The molecule has 20 heavy (non-hydrogen) atoms. The van der Waals surface area contributed by atoms with Crippen LogP contribution in [0.15, 0.2) is 17.0 Å². The number of carbonyl (C=O) groups is 1. The zero-order chi connectivity index (χ0) is 15.3. The standard InChI is InChI=1S/C12H14ClF2NO3S/c1-2-3-4-5-11(17)16-12-9(14)6-8(7-10(12)15)20(13,18)19/h6-7H,2-5H2,1H3,(H,16,17). The Morgan fingerprint density at radius 3 is 2.25 bits per heavy atom. The molecule has 0 saturated carbocycles. The van der Waals surface area contributed by atoms with Gasteiger partial charge in [-0.3, -0.25) is 4.79 Å². The van der Waals surface area contributed by atoms with Gasteiger partial charge in [0, 0.05) is 17.1 Å². The summed E-state index contributed by atoms with van der Waals surface area (Å²) < 4.78 is 49.2. The molecule has 0 unspecified atom stereocenters. The number of carbonyl (C=O) groups excluding carboxylic acids is 1. The molecule has 1 aromatic rings. The predicted octanol–water partition coefficient (Wildman–Crippen LogP) is 3.41. The van der Waals surface area contributed by atoms with E-state index in [2.05, 4.69) is 5.32 Å². The maximum atomic E-state index is 13.6. The molecule has 0 heterocycles. The van der Waals surface area contributed by atoms with Crippen molar-refractivity contribution in [3.05, 3.63) is 23.8 Å². The Balaban J connectivity index is 2.90. The summed E-state index contributed by atoms with van der Waals surface area (Å²) in [5.74, 6) is -2.90. The number of benzene rings is 1. The summed E-state index contributed by atoms with van der Waals surface area (Å²) in [7, 11) is 0.766. The second-order valence-electron chi connectivity index (χ2n) is 4.21. The molecule has 0 radical (unpaired) electrons. The molecular weight excluding hydrogens is 312 g/mol. The Hall–Kier alpha value is -1.21. The van der Waals surface area contributed by atoms with Gasteiger partial charge in [0.25, 0.3) is 9.05 Å². The van der Waals surface area contributed by atoms with Gasteiger partial charge in [0.1, 0.15) is 5.69 Å². The highest BCUT2D eigenvalue weighted by Crippen LogP contribution is 2.25. The lowest BCUT2D eigenvalue weighted by atomic mass is 10.2. The third-order valence-corrected chi connectivity index (χ3v) is 3.90. The lowest BCUT2D eigenvalue weighted by Crippen LogP contribution is -2.14. The van der Waals surface area contributed by atoms with Crippen molar-refractivity contribution in [3.8, 4) is 0 Å². The molecular formula is C12H14ClF2NO3S. The van der Waals surface area contributed by atoms with Gasteiger partial charge in [0.05, 0.1) is 4.90 Å². The van der Waals surface area contributed by atoms with Gasteiger partial charge in [-0.25, -0.2) is 17.2 Å². The molecule has 1 rings (SSSR count). The van der Waals surface area contributed by atoms with Crippen LogP contribution < -0.4 is 5.32 Å². The maximum absolute atomic E-state index is 13.6. The van der Waals surface area contributed by atoms with Gasteiger partial charge in [0.15, 0.2) is 11.6 Å². The van der Waals surface area contributed by atoms with Crippen molar-refractivity contribution in [3.63, 3.8) is 0 Å². The van der Waals surface area contributed by atoms with Crippen molar-refractivity contribution >= 4 is 31.3 Å². The zero-order valence-electron chi connectivity index (χ0n) is 10.8. The highest BCUT2D eigenvalue weighted by molar-refractivity contribution is 8.13. The van der Waals surface area contributed by atoms with Crippen LogP contribution in [0.4, 0.5) is 14.5 Å². The van der Waals surface area contributed by atoms with E-state index in [1.165, 1.54) is 0 Å². The van der Waals surface area contributed by atoms with E-state index in [0.717, 1.165) is 12.8 Å². The Bertz CT molecular complexity index is 582. The monoisotopic (exact) mass is 325 g/mol. The first kappa shape index (κ1) is 16.8. The summed E-state index contributed by atoms with van der Waals surface area (Å²) >= 11 is 0. The first-order chi connectivity index (χ1) is 9.25. The van der Waals surface area contributed by atoms with E-state index in [1.54, 1.807) is 0 Å². The second-order valence-corrected chi connectivity index (χ2v) is 6.77. The van der Waals surface area contributed by atoms with Crippen LogP contribution in [0, 0.1) is 11.6 Å². The minimum absolute atomic E-state index is 0.141. The molecule has 0 fully saturated rings. The van der Waals surface area contributed by atoms with Gasteiger partial charge in [-0.05, 0) is 18.6 Å². The molecule has 0 aliphatic heterocycles. The molecule has 0 aromatic heterocycles. The summed E-state index contributed by atoms with van der Waals surface area (Å²) in [6, 6.07) is 1.13. The van der Waals surface area contributed by atoms with Crippen LogP contribution in [-0.4, -0.2) is 14.3 Å². The van der Waals surface area contributed by atoms with Crippen molar-refractivity contribution in [1.82, 2.24) is 0 Å². The first-order valence-electron chi connectivity index (χ1n) is 5.99. The van der Waals surface area contributed by atoms with Crippen LogP contribution >= 0.6 is 10.7 Å². The van der Waals surface area contributed by atoms with Crippen molar-refractivity contribution in [2.24, 2.45) is 0 Å². The minimum Gasteiger partial charge on any atom is -0.321 e. The number of amides is 1. The fourth-order valence-electron chi connectivity index (χ4n) is 1.55. The Morgan fingerprint density at radius 1 is 1.25 bits per heavy atom. The number of rotatable bonds is 6. The van der Waals surface area contributed by atoms with Crippen molar-refractivity contribution in [2.45, 2.75) is 37.5 Å². The van der Waals surface area contributed by atoms with Crippen LogP contribution in [0.3, 0.4) is 0 Å². The van der Waals surface area contributed by atoms with Crippen molar-refractivity contribution in [2.75, 3.05) is 5.32 Å². The summed E-state index contributed by atoms with van der Waals surface area (Å²) in [6.45, 7) is 1.96. The molecule has 0 saturated heterocycles. The minimum atomic E-state index is -4.23. The lowest BCUT2D eigenvalue weighted by molar-refractivity contribution is -0.116. The maximum Gasteiger partial charge on any atom is 0.261 e. The van der Waals surface area contributed by atoms with Gasteiger partial charge in [-0.1, -0.05) is 19.8 Å². The largest absolute Gasteiger partial charge is 0.321 e. The summed E-state index contributed by atoms with van der Waals surface area (Å²) in [4.78, 5) is 10.8. The predicted molar refractivity (Wildman–Crippen MR) is 72.2 cm³/mol. The average molecular weight is 326 g/mol. The van der Waals surface area contributed by atoms with Gasteiger partial charge >= 0.3 is 0 Å². The third-order valence-electron chi connectivity index (χ3n) is 2.57. The molecule has 0 spiro atoms. The molecule has 0 atom stereocenters. The molecule has 8 heteroatoms. The molecule has 0 bridgehead atoms. The molecule has 112 valence electrons.